The van der Waals surface area contributed by atoms with E-state index in [1.807, 2.05) is 24.3 Å². The zero-order chi connectivity index (χ0) is 20.8. The Labute approximate surface area is 191 Å². The lowest BCUT2D eigenvalue weighted by Gasteiger charge is -2.11. The molecule has 148 valence electrons. The van der Waals surface area contributed by atoms with Crippen molar-refractivity contribution in [1.29, 1.82) is 0 Å². The van der Waals surface area contributed by atoms with Gasteiger partial charge in [0.1, 0.15) is 12.4 Å². The SMILES string of the molecule is Cc1ccc(COc2c(Br)cc(/C=N\NC(=O)c3ccc(Cl)cc3)cc2Br)cc1. The lowest BCUT2D eigenvalue weighted by atomic mass is 10.2. The number of ether oxygens (including phenoxy) is 1. The summed E-state index contributed by atoms with van der Waals surface area (Å²) in [7, 11) is 0. The number of amides is 1. The molecule has 4 nitrogen and oxygen atoms in total. The summed E-state index contributed by atoms with van der Waals surface area (Å²) >= 11 is 12.9. The van der Waals surface area contributed by atoms with Crippen LogP contribution < -0.4 is 10.2 Å². The minimum absolute atomic E-state index is 0.311. The summed E-state index contributed by atoms with van der Waals surface area (Å²) in [4.78, 5) is 12.1. The number of benzene rings is 3. The molecular weight excluding hydrogens is 520 g/mol. The molecule has 1 amide bonds. The van der Waals surface area contributed by atoms with Gasteiger partial charge in [0.25, 0.3) is 5.91 Å². The lowest BCUT2D eigenvalue weighted by Crippen LogP contribution is -2.17. The number of rotatable bonds is 6. The first-order valence-corrected chi connectivity index (χ1v) is 10.6. The predicted octanol–water partition coefficient (Wildman–Crippen LogP) is 6.52. The number of carbonyl (C=O) groups is 1. The maximum atomic E-state index is 12.1. The van der Waals surface area contributed by atoms with Gasteiger partial charge < -0.3 is 4.74 Å². The van der Waals surface area contributed by atoms with E-state index in [1.165, 1.54) is 5.56 Å². The molecule has 3 aromatic carbocycles. The third-order valence-electron chi connectivity index (χ3n) is 4.01. The second kappa shape index (κ2) is 10.1. The maximum Gasteiger partial charge on any atom is 0.271 e. The summed E-state index contributed by atoms with van der Waals surface area (Å²) in [6, 6.07) is 18.5. The largest absolute Gasteiger partial charge is 0.487 e. The van der Waals surface area contributed by atoms with Crippen LogP contribution in [0.1, 0.15) is 27.0 Å². The van der Waals surface area contributed by atoms with E-state index in [9.17, 15) is 4.79 Å². The van der Waals surface area contributed by atoms with Crippen molar-refractivity contribution in [3.05, 3.63) is 96.9 Å². The van der Waals surface area contributed by atoms with Crippen LogP contribution in [0.2, 0.25) is 5.02 Å². The van der Waals surface area contributed by atoms with E-state index in [0.717, 1.165) is 20.1 Å². The van der Waals surface area contributed by atoms with E-state index in [-0.39, 0.29) is 5.91 Å². The molecule has 0 aromatic heterocycles. The average Bonchev–Trinajstić information content (AvgIpc) is 2.69. The minimum Gasteiger partial charge on any atom is -0.487 e. The number of nitrogens with one attached hydrogen (secondary N) is 1. The van der Waals surface area contributed by atoms with Gasteiger partial charge in [-0.25, -0.2) is 5.43 Å². The van der Waals surface area contributed by atoms with E-state index in [2.05, 4.69) is 61.4 Å². The Morgan fingerprint density at radius 1 is 1.07 bits per heavy atom. The van der Waals surface area contributed by atoms with Crippen molar-refractivity contribution in [2.75, 3.05) is 0 Å². The van der Waals surface area contributed by atoms with Crippen LogP contribution in [0.25, 0.3) is 0 Å². The van der Waals surface area contributed by atoms with Crippen molar-refractivity contribution < 1.29 is 9.53 Å². The molecule has 0 radical (unpaired) electrons. The van der Waals surface area contributed by atoms with E-state index in [1.54, 1.807) is 30.5 Å². The fourth-order valence-electron chi connectivity index (χ4n) is 2.46. The Balaban J connectivity index is 1.63. The molecule has 0 spiro atoms. The van der Waals surface area contributed by atoms with Gasteiger partial charge in [0.2, 0.25) is 0 Å². The highest BCUT2D eigenvalue weighted by molar-refractivity contribution is 9.11. The number of carbonyl (C=O) groups excluding carboxylic acids is 1. The molecule has 0 saturated heterocycles. The third-order valence-corrected chi connectivity index (χ3v) is 5.44. The molecule has 0 fully saturated rings. The number of hydrogen-bond acceptors (Lipinski definition) is 3. The fourth-order valence-corrected chi connectivity index (χ4v) is 4.04. The summed E-state index contributed by atoms with van der Waals surface area (Å²) in [5, 5.41) is 4.59. The van der Waals surface area contributed by atoms with E-state index in [0.29, 0.717) is 22.9 Å². The molecule has 0 saturated carbocycles. The molecule has 3 aromatic rings. The Hall–Kier alpha value is -2.15. The molecule has 0 bridgehead atoms. The second-order valence-electron chi connectivity index (χ2n) is 6.29. The zero-order valence-corrected chi connectivity index (χ0v) is 19.4. The van der Waals surface area contributed by atoms with Gasteiger partial charge in [-0.3, -0.25) is 4.79 Å². The Bertz CT molecular complexity index is 1010. The molecule has 7 heteroatoms. The number of hydrogen-bond donors (Lipinski definition) is 1. The van der Waals surface area contributed by atoms with Gasteiger partial charge in [-0.15, -0.1) is 0 Å². The van der Waals surface area contributed by atoms with Gasteiger partial charge in [0, 0.05) is 10.6 Å². The molecule has 0 aliphatic heterocycles. The van der Waals surface area contributed by atoms with Gasteiger partial charge in [-0.05, 0) is 86.3 Å². The van der Waals surface area contributed by atoms with Crippen LogP contribution in [0.15, 0.2) is 74.7 Å². The third kappa shape index (κ3) is 6.16. The van der Waals surface area contributed by atoms with E-state index < -0.39 is 0 Å². The highest BCUT2D eigenvalue weighted by atomic mass is 79.9. The highest BCUT2D eigenvalue weighted by Gasteiger charge is 2.09. The smallest absolute Gasteiger partial charge is 0.271 e. The monoisotopic (exact) mass is 534 g/mol. The van der Waals surface area contributed by atoms with Gasteiger partial charge in [0.05, 0.1) is 15.2 Å². The molecule has 0 aliphatic carbocycles. The van der Waals surface area contributed by atoms with E-state index >= 15 is 0 Å². The van der Waals surface area contributed by atoms with Crippen LogP contribution in [0, 0.1) is 6.92 Å². The Morgan fingerprint density at radius 2 is 1.69 bits per heavy atom. The van der Waals surface area contributed by atoms with Crippen molar-refractivity contribution in [2.45, 2.75) is 13.5 Å². The first-order chi connectivity index (χ1) is 13.9. The second-order valence-corrected chi connectivity index (χ2v) is 8.44. The van der Waals surface area contributed by atoms with Crippen molar-refractivity contribution in [3.8, 4) is 5.75 Å². The van der Waals surface area contributed by atoms with E-state index in [4.69, 9.17) is 16.3 Å². The highest BCUT2D eigenvalue weighted by Crippen LogP contribution is 2.35. The fraction of sp³-hybridized carbons (Fsp3) is 0.0909. The molecule has 0 aliphatic rings. The minimum atomic E-state index is -0.311. The summed E-state index contributed by atoms with van der Waals surface area (Å²) in [6.45, 7) is 2.51. The van der Waals surface area contributed by atoms with Gasteiger partial charge >= 0.3 is 0 Å². The van der Waals surface area contributed by atoms with Crippen LogP contribution >= 0.6 is 43.5 Å². The molecule has 0 unspecified atom stereocenters. The summed E-state index contributed by atoms with van der Waals surface area (Å²) in [5.41, 5.74) is 6.07. The normalized spacial score (nSPS) is 10.9. The average molecular weight is 537 g/mol. The standard InChI is InChI=1S/C22H17Br2ClN2O2/c1-14-2-4-15(5-3-14)13-29-21-19(23)10-16(11-20(21)24)12-26-27-22(28)17-6-8-18(25)9-7-17/h2-12H,13H2,1H3,(H,27,28)/b26-12-. The molecule has 29 heavy (non-hydrogen) atoms. The Kier molecular flexibility index (Phi) is 7.47. The number of aryl methyl sites for hydroxylation is 1. The molecule has 0 atom stereocenters. The van der Waals surface area contributed by atoms with Crippen molar-refractivity contribution in [1.82, 2.24) is 5.43 Å². The summed E-state index contributed by atoms with van der Waals surface area (Å²) < 4.78 is 7.50. The predicted molar refractivity (Wildman–Crippen MR) is 124 cm³/mol. The van der Waals surface area contributed by atoms with Crippen LogP contribution in [0.5, 0.6) is 5.75 Å². The Morgan fingerprint density at radius 3 is 2.31 bits per heavy atom. The number of nitrogens with zero attached hydrogens (tertiary/aromatic N) is 1. The van der Waals surface area contributed by atoms with Gasteiger partial charge in [0.15, 0.2) is 0 Å². The maximum absolute atomic E-state index is 12.1. The summed E-state index contributed by atoms with van der Waals surface area (Å²) in [5.74, 6) is 0.391. The van der Waals surface area contributed by atoms with Crippen LogP contribution in [0.4, 0.5) is 0 Å². The lowest BCUT2D eigenvalue weighted by molar-refractivity contribution is 0.0955. The van der Waals surface area contributed by atoms with Crippen molar-refractivity contribution >= 4 is 55.6 Å². The molecule has 1 N–H and O–H groups in total. The van der Waals surface area contributed by atoms with Crippen molar-refractivity contribution in [2.24, 2.45) is 5.10 Å². The first kappa shape index (κ1) is 21.6. The van der Waals surface area contributed by atoms with Crippen LogP contribution in [-0.2, 0) is 6.61 Å². The molecular formula is C22H17Br2ClN2O2. The van der Waals surface area contributed by atoms with Crippen molar-refractivity contribution in [3.63, 3.8) is 0 Å². The topological polar surface area (TPSA) is 50.7 Å². The molecule has 0 heterocycles. The van der Waals surface area contributed by atoms with Crippen LogP contribution in [0.3, 0.4) is 0 Å². The van der Waals surface area contributed by atoms with Crippen LogP contribution in [-0.4, -0.2) is 12.1 Å². The molecule has 3 rings (SSSR count). The van der Waals surface area contributed by atoms with Gasteiger partial charge in [-0.1, -0.05) is 41.4 Å². The number of hydrazone groups is 1. The summed E-state index contributed by atoms with van der Waals surface area (Å²) in [6.07, 6.45) is 1.56. The quantitative estimate of drug-likeness (QED) is 0.288. The van der Waals surface area contributed by atoms with Gasteiger partial charge in [-0.2, -0.15) is 5.10 Å². The first-order valence-electron chi connectivity index (χ1n) is 8.69. The number of halogens is 3. The zero-order valence-electron chi connectivity index (χ0n) is 15.5.